The molecule has 0 radical (unpaired) electrons. The highest BCUT2D eigenvalue weighted by Crippen LogP contribution is 2.31. The smallest absolute Gasteiger partial charge is 0.0964 e. The van der Waals surface area contributed by atoms with Gasteiger partial charge in [-0.3, -0.25) is 0 Å². The third-order valence-corrected chi connectivity index (χ3v) is 5.40. The average Bonchev–Trinajstić information content (AvgIpc) is 3.00. The lowest BCUT2D eigenvalue weighted by atomic mass is 10.1. The molecule has 2 heterocycles. The van der Waals surface area contributed by atoms with Crippen molar-refractivity contribution in [3.8, 4) is 0 Å². The highest BCUT2D eigenvalue weighted by atomic mass is 79.9. The van der Waals surface area contributed by atoms with Crippen LogP contribution >= 0.6 is 27.3 Å². The van der Waals surface area contributed by atoms with Crippen LogP contribution in [0.4, 0.5) is 0 Å². The molecule has 1 atom stereocenters. The van der Waals surface area contributed by atoms with Crippen molar-refractivity contribution in [2.75, 3.05) is 6.54 Å². The van der Waals surface area contributed by atoms with Gasteiger partial charge < -0.3 is 10.3 Å². The molecule has 20 heavy (non-hydrogen) atoms. The Kier molecular flexibility index (Phi) is 3.67. The van der Waals surface area contributed by atoms with E-state index in [1.54, 1.807) is 11.3 Å². The number of thiophene rings is 1. The molecule has 3 nitrogen and oxygen atoms in total. The van der Waals surface area contributed by atoms with Crippen molar-refractivity contribution in [1.29, 1.82) is 0 Å². The Morgan fingerprint density at radius 3 is 2.70 bits per heavy atom. The summed E-state index contributed by atoms with van der Waals surface area (Å²) in [4.78, 5) is 5.77. The fourth-order valence-corrected chi connectivity index (χ4v) is 3.94. The van der Waals surface area contributed by atoms with E-state index < -0.39 is 0 Å². The van der Waals surface area contributed by atoms with E-state index in [-0.39, 0.29) is 6.04 Å². The highest BCUT2D eigenvalue weighted by molar-refractivity contribution is 9.11. The van der Waals surface area contributed by atoms with E-state index in [4.69, 9.17) is 5.73 Å². The zero-order valence-electron chi connectivity index (χ0n) is 11.4. The van der Waals surface area contributed by atoms with Gasteiger partial charge in [-0.25, -0.2) is 4.98 Å². The molecule has 2 N–H and O–H groups in total. The lowest BCUT2D eigenvalue weighted by molar-refractivity contribution is 0.620. The van der Waals surface area contributed by atoms with E-state index in [0.29, 0.717) is 6.54 Å². The van der Waals surface area contributed by atoms with Crippen LogP contribution in [-0.2, 0) is 0 Å². The van der Waals surface area contributed by atoms with Gasteiger partial charge in [-0.1, -0.05) is 0 Å². The SMILES string of the molecule is Cc1cc2ncn(C(CN)c3ccc(Br)s3)c2cc1C. The first-order valence-corrected chi connectivity index (χ1v) is 8.10. The number of nitrogens with zero attached hydrogens (tertiary/aromatic N) is 2. The van der Waals surface area contributed by atoms with Crippen LogP contribution in [-0.4, -0.2) is 16.1 Å². The quantitative estimate of drug-likeness (QED) is 0.775. The normalized spacial score (nSPS) is 13.0. The van der Waals surface area contributed by atoms with Gasteiger partial charge in [0.25, 0.3) is 0 Å². The minimum Gasteiger partial charge on any atom is -0.328 e. The maximum atomic E-state index is 6.01. The lowest BCUT2D eigenvalue weighted by Gasteiger charge is -2.16. The van der Waals surface area contributed by atoms with Crippen LogP contribution in [0.15, 0.2) is 34.4 Å². The molecule has 1 aromatic carbocycles. The Balaban J connectivity index is 2.15. The molecule has 0 saturated heterocycles. The van der Waals surface area contributed by atoms with Gasteiger partial charge in [0, 0.05) is 11.4 Å². The second-order valence-corrected chi connectivity index (χ2v) is 7.46. The first kappa shape index (κ1) is 13.8. The second-order valence-electron chi connectivity index (χ2n) is 4.97. The predicted octanol–water partition coefficient (Wildman–Crippen LogP) is 4.03. The van der Waals surface area contributed by atoms with E-state index in [1.165, 1.54) is 16.0 Å². The van der Waals surface area contributed by atoms with Crippen LogP contribution in [0.2, 0.25) is 0 Å². The summed E-state index contributed by atoms with van der Waals surface area (Å²) in [5, 5.41) is 0. The standard InChI is InChI=1S/C15H16BrN3S/c1-9-5-11-12(6-10(9)2)19(8-18-11)13(7-17)14-3-4-15(16)20-14/h3-6,8,13H,7,17H2,1-2H3. The van der Waals surface area contributed by atoms with Gasteiger partial charge in [0.05, 0.1) is 27.2 Å². The van der Waals surface area contributed by atoms with Crippen LogP contribution in [0.3, 0.4) is 0 Å². The van der Waals surface area contributed by atoms with Gasteiger partial charge in [-0.15, -0.1) is 11.3 Å². The Labute approximate surface area is 130 Å². The molecule has 0 aliphatic heterocycles. The summed E-state index contributed by atoms with van der Waals surface area (Å²) >= 11 is 5.24. The third kappa shape index (κ3) is 2.30. The van der Waals surface area contributed by atoms with E-state index in [0.717, 1.165) is 14.8 Å². The maximum absolute atomic E-state index is 6.01. The molecular formula is C15H16BrN3S. The van der Waals surface area contributed by atoms with Crippen molar-refractivity contribution in [2.24, 2.45) is 5.73 Å². The summed E-state index contributed by atoms with van der Waals surface area (Å²) in [5.41, 5.74) is 10.7. The van der Waals surface area contributed by atoms with Crippen LogP contribution in [0.5, 0.6) is 0 Å². The van der Waals surface area contributed by atoms with Gasteiger partial charge in [0.15, 0.2) is 0 Å². The number of aromatic nitrogens is 2. The number of aryl methyl sites for hydroxylation is 2. The summed E-state index contributed by atoms with van der Waals surface area (Å²) in [6, 6.07) is 8.66. The molecule has 3 aromatic rings. The van der Waals surface area contributed by atoms with Crippen molar-refractivity contribution < 1.29 is 0 Å². The molecule has 2 aromatic heterocycles. The zero-order valence-corrected chi connectivity index (χ0v) is 13.8. The fourth-order valence-electron chi connectivity index (χ4n) is 2.41. The van der Waals surface area contributed by atoms with Crippen molar-refractivity contribution >= 4 is 38.3 Å². The van der Waals surface area contributed by atoms with Gasteiger partial charge in [0.2, 0.25) is 0 Å². The topological polar surface area (TPSA) is 43.8 Å². The summed E-state index contributed by atoms with van der Waals surface area (Å²) in [6.45, 7) is 4.81. The molecule has 104 valence electrons. The molecule has 3 rings (SSSR count). The van der Waals surface area contributed by atoms with Crippen molar-refractivity contribution in [1.82, 2.24) is 9.55 Å². The van der Waals surface area contributed by atoms with E-state index in [2.05, 4.69) is 63.6 Å². The molecule has 0 aliphatic rings. The van der Waals surface area contributed by atoms with Crippen LogP contribution in [0, 0.1) is 13.8 Å². The average molecular weight is 350 g/mol. The molecule has 0 aliphatic carbocycles. The summed E-state index contributed by atoms with van der Waals surface area (Å²) in [5.74, 6) is 0. The number of fused-ring (bicyclic) bond motifs is 1. The number of benzene rings is 1. The Morgan fingerprint density at radius 2 is 2.05 bits per heavy atom. The second kappa shape index (κ2) is 5.31. The third-order valence-electron chi connectivity index (χ3n) is 3.67. The summed E-state index contributed by atoms with van der Waals surface area (Å²) in [6.07, 6.45) is 1.90. The van der Waals surface area contributed by atoms with E-state index in [9.17, 15) is 0 Å². The van der Waals surface area contributed by atoms with Gasteiger partial charge >= 0.3 is 0 Å². The largest absolute Gasteiger partial charge is 0.328 e. The first-order valence-electron chi connectivity index (χ1n) is 6.49. The molecular weight excluding hydrogens is 334 g/mol. The molecule has 0 saturated carbocycles. The fraction of sp³-hybridized carbons (Fsp3) is 0.267. The first-order chi connectivity index (χ1) is 9.60. The molecule has 0 amide bonds. The van der Waals surface area contributed by atoms with Gasteiger partial charge in [0.1, 0.15) is 0 Å². The number of nitrogens with two attached hydrogens (primary N) is 1. The van der Waals surface area contributed by atoms with Crippen LogP contribution < -0.4 is 5.73 Å². The summed E-state index contributed by atoms with van der Waals surface area (Å²) < 4.78 is 3.31. The van der Waals surface area contributed by atoms with Crippen molar-refractivity contribution in [2.45, 2.75) is 19.9 Å². The molecule has 0 bridgehead atoms. The lowest BCUT2D eigenvalue weighted by Crippen LogP contribution is -2.18. The van der Waals surface area contributed by atoms with Gasteiger partial charge in [-0.2, -0.15) is 0 Å². The van der Waals surface area contributed by atoms with Crippen LogP contribution in [0.1, 0.15) is 22.0 Å². The highest BCUT2D eigenvalue weighted by Gasteiger charge is 2.17. The number of rotatable bonds is 3. The van der Waals surface area contributed by atoms with Crippen molar-refractivity contribution in [3.63, 3.8) is 0 Å². The summed E-state index contributed by atoms with van der Waals surface area (Å²) in [7, 11) is 0. The molecule has 0 fully saturated rings. The minimum atomic E-state index is 0.137. The number of hydrogen-bond donors (Lipinski definition) is 1. The van der Waals surface area contributed by atoms with E-state index in [1.807, 2.05) is 6.33 Å². The zero-order chi connectivity index (χ0) is 14.3. The minimum absolute atomic E-state index is 0.137. The predicted molar refractivity (Wildman–Crippen MR) is 88.4 cm³/mol. The van der Waals surface area contributed by atoms with Crippen molar-refractivity contribution in [3.05, 3.63) is 50.4 Å². The molecule has 1 unspecified atom stereocenters. The number of imidazole rings is 1. The maximum Gasteiger partial charge on any atom is 0.0964 e. The Morgan fingerprint density at radius 1 is 1.30 bits per heavy atom. The Bertz CT molecular complexity index is 760. The van der Waals surface area contributed by atoms with E-state index >= 15 is 0 Å². The molecule has 5 heteroatoms. The number of hydrogen-bond acceptors (Lipinski definition) is 3. The van der Waals surface area contributed by atoms with Gasteiger partial charge in [-0.05, 0) is 65.2 Å². The monoisotopic (exact) mass is 349 g/mol. The van der Waals surface area contributed by atoms with Crippen LogP contribution in [0.25, 0.3) is 11.0 Å². The molecule has 0 spiro atoms. The number of halogens is 1. The Hall–Kier alpha value is -1.17.